The number of methoxy groups -OCH3 is 1. The number of rotatable bonds is 7. The summed E-state index contributed by atoms with van der Waals surface area (Å²) in [6, 6.07) is 11.3. The number of pyridine rings is 1. The maximum Gasteiger partial charge on any atom is 0.219 e. The summed E-state index contributed by atoms with van der Waals surface area (Å²) < 4.78 is 16.8. The monoisotopic (exact) mass is 512 g/mol. The van der Waals surface area contributed by atoms with Crippen LogP contribution in [0.4, 0.5) is 0 Å². The van der Waals surface area contributed by atoms with E-state index >= 15 is 0 Å². The molecule has 2 aromatic rings. The average Bonchev–Trinajstić information content (AvgIpc) is 3.16. The minimum Gasteiger partial charge on any atom is -0.497 e. The van der Waals surface area contributed by atoms with Crippen molar-refractivity contribution in [2.45, 2.75) is 31.9 Å². The van der Waals surface area contributed by atoms with Crippen molar-refractivity contribution in [2.24, 2.45) is 4.99 Å². The van der Waals surface area contributed by atoms with Crippen LogP contribution in [0.2, 0.25) is 0 Å². The minimum atomic E-state index is -0.113. The summed E-state index contributed by atoms with van der Waals surface area (Å²) >= 11 is 0. The van der Waals surface area contributed by atoms with Gasteiger partial charge < -0.3 is 24.8 Å². The Morgan fingerprint density at radius 2 is 2.07 bits per heavy atom. The highest BCUT2D eigenvalue weighted by Gasteiger charge is 2.29. The van der Waals surface area contributed by atoms with Crippen LogP contribution in [0, 0.1) is 0 Å². The maximum absolute atomic E-state index is 5.80. The van der Waals surface area contributed by atoms with E-state index < -0.39 is 0 Å². The fourth-order valence-corrected chi connectivity index (χ4v) is 3.01. The number of nitrogens with one attached hydrogen (secondary N) is 2. The molecule has 2 N–H and O–H groups in total. The van der Waals surface area contributed by atoms with Crippen LogP contribution in [0.5, 0.6) is 17.4 Å². The number of aromatic nitrogens is 1. The van der Waals surface area contributed by atoms with Gasteiger partial charge >= 0.3 is 0 Å². The predicted molar refractivity (Wildman–Crippen MR) is 125 cm³/mol. The Labute approximate surface area is 189 Å². The third kappa shape index (κ3) is 7.04. The fraction of sp³-hybridized carbons (Fsp3) is 0.429. The Hall–Kier alpha value is -2.07. The Morgan fingerprint density at radius 1 is 1.24 bits per heavy atom. The summed E-state index contributed by atoms with van der Waals surface area (Å²) in [6.45, 7) is 4.31. The quantitative estimate of drug-likeness (QED) is 0.335. The van der Waals surface area contributed by atoms with Gasteiger partial charge in [0.05, 0.1) is 12.7 Å². The molecule has 3 rings (SSSR count). The van der Waals surface area contributed by atoms with Crippen LogP contribution in [-0.4, -0.2) is 43.9 Å². The van der Waals surface area contributed by atoms with E-state index in [0.29, 0.717) is 18.2 Å². The molecule has 8 heteroatoms. The molecule has 0 radical (unpaired) electrons. The zero-order chi connectivity index (χ0) is 19.8. The van der Waals surface area contributed by atoms with E-state index in [-0.39, 0.29) is 29.6 Å². The largest absolute Gasteiger partial charge is 0.497 e. The molecule has 0 amide bonds. The van der Waals surface area contributed by atoms with Gasteiger partial charge in [0.15, 0.2) is 5.96 Å². The highest BCUT2D eigenvalue weighted by atomic mass is 127. The van der Waals surface area contributed by atoms with E-state index in [1.165, 1.54) is 0 Å². The fourth-order valence-electron chi connectivity index (χ4n) is 3.01. The Morgan fingerprint density at radius 3 is 2.72 bits per heavy atom. The molecule has 7 nitrogen and oxygen atoms in total. The van der Waals surface area contributed by atoms with Crippen molar-refractivity contribution in [3.8, 4) is 17.4 Å². The van der Waals surface area contributed by atoms with E-state index in [0.717, 1.165) is 43.3 Å². The van der Waals surface area contributed by atoms with Gasteiger partial charge in [-0.05, 0) is 37.5 Å². The average molecular weight is 512 g/mol. The molecule has 0 spiro atoms. The highest BCUT2D eigenvalue weighted by molar-refractivity contribution is 14.0. The van der Waals surface area contributed by atoms with E-state index in [1.54, 1.807) is 20.4 Å². The first-order valence-electron chi connectivity index (χ1n) is 9.45. The molecule has 0 saturated carbocycles. The number of guanidine groups is 1. The Bertz CT molecular complexity index is 793. The molecule has 1 aromatic carbocycles. The molecule has 1 fully saturated rings. The number of benzene rings is 1. The van der Waals surface area contributed by atoms with Gasteiger partial charge in [-0.2, -0.15) is 0 Å². The van der Waals surface area contributed by atoms with E-state index in [2.05, 4.69) is 27.5 Å². The first-order valence-corrected chi connectivity index (χ1v) is 9.45. The molecule has 1 atom stereocenters. The molecular weight excluding hydrogens is 483 g/mol. The smallest absolute Gasteiger partial charge is 0.219 e. The van der Waals surface area contributed by atoms with Crippen molar-refractivity contribution in [2.75, 3.05) is 27.3 Å². The highest BCUT2D eigenvalue weighted by Crippen LogP contribution is 2.24. The van der Waals surface area contributed by atoms with Crippen LogP contribution in [0.1, 0.15) is 25.3 Å². The maximum atomic E-state index is 5.80. The zero-order valence-electron chi connectivity index (χ0n) is 17.1. The van der Waals surface area contributed by atoms with Crippen molar-refractivity contribution in [3.63, 3.8) is 0 Å². The van der Waals surface area contributed by atoms with Gasteiger partial charge in [0, 0.05) is 45.1 Å². The normalized spacial score (nSPS) is 18.7. The Kier molecular flexibility index (Phi) is 8.97. The minimum absolute atomic E-state index is 0. The van der Waals surface area contributed by atoms with Crippen molar-refractivity contribution in [1.82, 2.24) is 15.6 Å². The molecular formula is C21H29IN4O3. The lowest BCUT2D eigenvalue weighted by Crippen LogP contribution is -2.45. The number of hydrogen-bond acceptors (Lipinski definition) is 5. The number of ether oxygens (including phenoxy) is 3. The van der Waals surface area contributed by atoms with Gasteiger partial charge in [-0.3, -0.25) is 4.99 Å². The second-order valence-electron chi connectivity index (χ2n) is 6.97. The lowest BCUT2D eigenvalue weighted by molar-refractivity contribution is 0.0243. The molecule has 29 heavy (non-hydrogen) atoms. The molecule has 0 bridgehead atoms. The first-order chi connectivity index (χ1) is 13.6. The van der Waals surface area contributed by atoms with Gasteiger partial charge in [0.2, 0.25) is 5.88 Å². The summed E-state index contributed by atoms with van der Waals surface area (Å²) in [5.41, 5.74) is 0.919. The van der Waals surface area contributed by atoms with Gasteiger partial charge in [0.1, 0.15) is 11.5 Å². The van der Waals surface area contributed by atoms with Crippen molar-refractivity contribution >= 4 is 29.9 Å². The van der Waals surface area contributed by atoms with Crippen LogP contribution in [0.3, 0.4) is 0 Å². The summed E-state index contributed by atoms with van der Waals surface area (Å²) in [4.78, 5) is 8.64. The van der Waals surface area contributed by atoms with E-state index in [4.69, 9.17) is 14.2 Å². The molecule has 158 valence electrons. The molecule has 1 aliphatic rings. The molecule has 0 aliphatic carbocycles. The number of halogens is 1. The molecule has 1 unspecified atom stereocenters. The number of nitrogens with zero attached hydrogens (tertiary/aromatic N) is 2. The first kappa shape index (κ1) is 23.2. The second kappa shape index (κ2) is 11.2. The molecule has 1 saturated heterocycles. The zero-order valence-corrected chi connectivity index (χ0v) is 19.4. The van der Waals surface area contributed by atoms with Crippen LogP contribution < -0.4 is 20.1 Å². The van der Waals surface area contributed by atoms with Crippen LogP contribution in [0.25, 0.3) is 0 Å². The summed E-state index contributed by atoms with van der Waals surface area (Å²) in [5.74, 6) is 2.71. The van der Waals surface area contributed by atoms with Gasteiger partial charge in [-0.25, -0.2) is 4.98 Å². The standard InChI is InChI=1S/C21H28N4O3.HI/c1-21(10-5-11-27-21)15-25-20(22-2)24-14-16-8-9-19(23-13-16)28-18-7-4-6-17(12-18)26-3;/h4,6-9,12-13H,5,10-11,14-15H2,1-3H3,(H2,22,24,25);1H. The lowest BCUT2D eigenvalue weighted by Gasteiger charge is -2.24. The molecule has 2 heterocycles. The predicted octanol–water partition coefficient (Wildman–Crippen LogP) is 3.73. The third-order valence-electron chi connectivity index (χ3n) is 4.68. The van der Waals surface area contributed by atoms with E-state index in [1.807, 2.05) is 36.4 Å². The van der Waals surface area contributed by atoms with Crippen LogP contribution >= 0.6 is 24.0 Å². The van der Waals surface area contributed by atoms with Crippen LogP contribution in [-0.2, 0) is 11.3 Å². The number of hydrogen-bond donors (Lipinski definition) is 2. The van der Waals surface area contributed by atoms with Crippen molar-refractivity contribution in [1.29, 1.82) is 0 Å². The summed E-state index contributed by atoms with van der Waals surface area (Å²) in [7, 11) is 3.39. The van der Waals surface area contributed by atoms with Gasteiger partial charge in [0.25, 0.3) is 0 Å². The van der Waals surface area contributed by atoms with Crippen molar-refractivity contribution < 1.29 is 14.2 Å². The number of aliphatic imine (C=N–C) groups is 1. The van der Waals surface area contributed by atoms with Gasteiger partial charge in [-0.1, -0.05) is 12.1 Å². The Balaban J connectivity index is 0.00000300. The SMILES string of the molecule is CN=C(NCc1ccc(Oc2cccc(OC)c2)nc1)NCC1(C)CCCO1.I. The third-order valence-corrected chi connectivity index (χ3v) is 4.68. The molecule has 1 aliphatic heterocycles. The topological polar surface area (TPSA) is 77.0 Å². The van der Waals surface area contributed by atoms with Gasteiger partial charge in [-0.15, -0.1) is 24.0 Å². The van der Waals surface area contributed by atoms with E-state index in [9.17, 15) is 0 Å². The lowest BCUT2D eigenvalue weighted by atomic mass is 10.0. The second-order valence-corrected chi connectivity index (χ2v) is 6.97. The summed E-state index contributed by atoms with van der Waals surface area (Å²) in [6.07, 6.45) is 3.97. The summed E-state index contributed by atoms with van der Waals surface area (Å²) in [5, 5.41) is 6.63. The molecule has 1 aromatic heterocycles. The van der Waals surface area contributed by atoms with Crippen LogP contribution in [0.15, 0.2) is 47.6 Å². The van der Waals surface area contributed by atoms with Crippen molar-refractivity contribution in [3.05, 3.63) is 48.2 Å².